The van der Waals surface area contributed by atoms with Crippen LogP contribution in [0, 0.1) is 11.8 Å². The van der Waals surface area contributed by atoms with Gasteiger partial charge >= 0.3 is 0 Å². The quantitative estimate of drug-likeness (QED) is 0.571. The fourth-order valence-corrected chi connectivity index (χ4v) is 0.394. The van der Waals surface area contributed by atoms with Crippen LogP contribution in [0.3, 0.4) is 0 Å². The second-order valence-corrected chi connectivity index (χ2v) is 2.85. The molecule has 1 nitrogen and oxygen atoms in total. The van der Waals surface area contributed by atoms with Crippen LogP contribution in [0.2, 0.25) is 0 Å². The molecule has 0 aliphatic rings. The highest BCUT2D eigenvalue weighted by molar-refractivity contribution is 5.29. The van der Waals surface area contributed by atoms with Crippen LogP contribution in [0.5, 0.6) is 0 Å². The molecule has 62 valence electrons. The maximum atomic E-state index is 9.47. The fourth-order valence-electron chi connectivity index (χ4n) is 0.394. The van der Waals surface area contributed by atoms with Gasteiger partial charge in [-0.05, 0) is 32.8 Å². The van der Waals surface area contributed by atoms with Crippen molar-refractivity contribution in [1.82, 2.24) is 0 Å². The molecule has 1 N–H and O–H groups in total. The molecule has 1 unspecified atom stereocenters. The molecule has 0 aliphatic carbocycles. The Balaban J connectivity index is 4.29. The van der Waals surface area contributed by atoms with Crippen LogP contribution in [-0.2, 0) is 0 Å². The summed E-state index contributed by atoms with van der Waals surface area (Å²) in [6.07, 6.45) is 2.59. The summed E-state index contributed by atoms with van der Waals surface area (Å²) in [6, 6.07) is 0. The van der Waals surface area contributed by atoms with Gasteiger partial charge < -0.3 is 5.11 Å². The van der Waals surface area contributed by atoms with Crippen molar-refractivity contribution in [1.29, 1.82) is 0 Å². The van der Waals surface area contributed by atoms with E-state index in [0.717, 1.165) is 5.57 Å². The van der Waals surface area contributed by atoms with Crippen LogP contribution in [0.1, 0.15) is 34.1 Å². The van der Waals surface area contributed by atoms with E-state index in [9.17, 15) is 5.11 Å². The normalized spacial score (nSPS) is 16.6. The molecule has 11 heavy (non-hydrogen) atoms. The maximum absolute atomic E-state index is 9.47. The minimum Gasteiger partial charge on any atom is -0.378 e. The number of hydrogen-bond donors (Lipinski definition) is 1. The van der Waals surface area contributed by atoms with E-state index in [1.165, 1.54) is 0 Å². The molecule has 1 atom stereocenters. The summed E-state index contributed by atoms with van der Waals surface area (Å²) >= 11 is 0. The smallest absolute Gasteiger partial charge is 0.122 e. The Morgan fingerprint density at radius 3 is 2.55 bits per heavy atom. The standard InChI is InChI=1S/C10H16O/c1-5-9(3)7-8-10(4,11)6-2/h5,11H,6H2,1-4H3/b9-5+. The van der Waals surface area contributed by atoms with E-state index in [2.05, 4.69) is 11.8 Å². The Kier molecular flexibility index (Phi) is 3.92. The lowest BCUT2D eigenvalue weighted by atomic mass is 10.0. The number of hydrogen-bond acceptors (Lipinski definition) is 1. The van der Waals surface area contributed by atoms with Gasteiger partial charge in [-0.25, -0.2) is 0 Å². The molecule has 0 rings (SSSR count). The summed E-state index contributed by atoms with van der Waals surface area (Å²) in [4.78, 5) is 0. The van der Waals surface area contributed by atoms with Crippen LogP contribution >= 0.6 is 0 Å². The fraction of sp³-hybridized carbons (Fsp3) is 0.600. The lowest BCUT2D eigenvalue weighted by Crippen LogP contribution is -2.19. The number of allylic oxidation sites excluding steroid dienone is 2. The Labute approximate surface area is 69.1 Å². The van der Waals surface area contributed by atoms with Gasteiger partial charge in [0, 0.05) is 0 Å². The van der Waals surface area contributed by atoms with Crippen LogP contribution < -0.4 is 0 Å². The van der Waals surface area contributed by atoms with Crippen molar-refractivity contribution in [3.05, 3.63) is 11.6 Å². The zero-order valence-corrected chi connectivity index (χ0v) is 7.73. The molecule has 0 saturated heterocycles. The van der Waals surface area contributed by atoms with E-state index in [4.69, 9.17) is 0 Å². The van der Waals surface area contributed by atoms with Crippen LogP contribution in [0.15, 0.2) is 11.6 Å². The first-order chi connectivity index (χ1) is 5.02. The maximum Gasteiger partial charge on any atom is 0.122 e. The van der Waals surface area contributed by atoms with Crippen molar-refractivity contribution < 1.29 is 5.11 Å². The van der Waals surface area contributed by atoms with Crippen LogP contribution in [-0.4, -0.2) is 10.7 Å². The van der Waals surface area contributed by atoms with Crippen molar-refractivity contribution >= 4 is 0 Å². The summed E-state index contributed by atoms with van der Waals surface area (Å²) < 4.78 is 0. The summed E-state index contributed by atoms with van der Waals surface area (Å²) in [6.45, 7) is 7.51. The van der Waals surface area contributed by atoms with Gasteiger partial charge in [-0.3, -0.25) is 0 Å². The molecule has 0 aliphatic heterocycles. The van der Waals surface area contributed by atoms with Crippen molar-refractivity contribution in [2.45, 2.75) is 39.7 Å². The molecule has 0 aromatic rings. The molecular formula is C10H16O. The van der Waals surface area contributed by atoms with Crippen molar-refractivity contribution in [2.24, 2.45) is 0 Å². The van der Waals surface area contributed by atoms with Crippen LogP contribution in [0.4, 0.5) is 0 Å². The van der Waals surface area contributed by atoms with E-state index in [-0.39, 0.29) is 0 Å². The van der Waals surface area contributed by atoms with Gasteiger partial charge in [-0.2, -0.15) is 0 Å². The lowest BCUT2D eigenvalue weighted by molar-refractivity contribution is 0.118. The van der Waals surface area contributed by atoms with Gasteiger partial charge in [0.2, 0.25) is 0 Å². The molecule has 0 aromatic carbocycles. The van der Waals surface area contributed by atoms with E-state index >= 15 is 0 Å². The first-order valence-electron chi connectivity index (χ1n) is 3.90. The van der Waals surface area contributed by atoms with E-state index in [0.29, 0.717) is 6.42 Å². The van der Waals surface area contributed by atoms with Crippen molar-refractivity contribution in [2.75, 3.05) is 0 Å². The van der Waals surface area contributed by atoms with Crippen LogP contribution in [0.25, 0.3) is 0 Å². The zero-order valence-electron chi connectivity index (χ0n) is 7.73. The Morgan fingerprint density at radius 1 is 1.64 bits per heavy atom. The molecule has 0 saturated carbocycles. The monoisotopic (exact) mass is 152 g/mol. The topological polar surface area (TPSA) is 20.2 Å². The molecule has 0 aromatic heterocycles. The number of aliphatic hydroxyl groups is 1. The van der Waals surface area contributed by atoms with Gasteiger partial charge in [0.15, 0.2) is 0 Å². The second-order valence-electron chi connectivity index (χ2n) is 2.85. The zero-order chi connectivity index (χ0) is 8.91. The third-order valence-electron chi connectivity index (χ3n) is 1.65. The summed E-state index contributed by atoms with van der Waals surface area (Å²) in [5.41, 5.74) is 0.170. The summed E-state index contributed by atoms with van der Waals surface area (Å²) in [5.74, 6) is 5.68. The van der Waals surface area contributed by atoms with Crippen molar-refractivity contribution in [3.8, 4) is 11.8 Å². The highest BCUT2D eigenvalue weighted by atomic mass is 16.3. The second kappa shape index (κ2) is 4.20. The van der Waals surface area contributed by atoms with E-state index in [1.807, 2.05) is 26.8 Å². The third-order valence-corrected chi connectivity index (χ3v) is 1.65. The number of rotatable bonds is 1. The first kappa shape index (κ1) is 10.3. The summed E-state index contributed by atoms with van der Waals surface area (Å²) in [5, 5.41) is 9.47. The average molecular weight is 152 g/mol. The molecule has 0 spiro atoms. The molecule has 0 heterocycles. The minimum atomic E-state index is -0.829. The largest absolute Gasteiger partial charge is 0.378 e. The van der Waals surface area contributed by atoms with Gasteiger partial charge in [0.25, 0.3) is 0 Å². The highest BCUT2D eigenvalue weighted by Gasteiger charge is 2.11. The Hall–Kier alpha value is -0.740. The molecule has 1 heteroatoms. The lowest BCUT2D eigenvalue weighted by Gasteiger charge is -2.11. The molecule has 0 radical (unpaired) electrons. The Bertz CT molecular complexity index is 201. The van der Waals surface area contributed by atoms with Gasteiger partial charge in [0.1, 0.15) is 5.60 Å². The summed E-state index contributed by atoms with van der Waals surface area (Å²) in [7, 11) is 0. The molecule has 0 bridgehead atoms. The van der Waals surface area contributed by atoms with Gasteiger partial charge in [-0.15, -0.1) is 0 Å². The predicted molar refractivity (Wildman–Crippen MR) is 48.1 cm³/mol. The third kappa shape index (κ3) is 4.64. The van der Waals surface area contributed by atoms with E-state index < -0.39 is 5.60 Å². The minimum absolute atomic E-state index is 0.664. The predicted octanol–water partition coefficient (Wildman–Crippen LogP) is 2.12. The van der Waals surface area contributed by atoms with E-state index in [1.54, 1.807) is 6.92 Å². The van der Waals surface area contributed by atoms with Gasteiger partial charge in [-0.1, -0.05) is 24.8 Å². The SMILES string of the molecule is C/C=C(\C)C#CC(C)(O)CC. The molecule has 0 amide bonds. The van der Waals surface area contributed by atoms with Crippen molar-refractivity contribution in [3.63, 3.8) is 0 Å². The molecule has 0 fully saturated rings. The average Bonchev–Trinajstić information content (AvgIpc) is 2.00. The van der Waals surface area contributed by atoms with Gasteiger partial charge in [0.05, 0.1) is 0 Å². The first-order valence-corrected chi connectivity index (χ1v) is 3.90. The molecular weight excluding hydrogens is 136 g/mol. The Morgan fingerprint density at radius 2 is 2.18 bits per heavy atom. The highest BCUT2D eigenvalue weighted by Crippen LogP contribution is 2.05.